The lowest BCUT2D eigenvalue weighted by Crippen LogP contribution is -2.38. The average Bonchev–Trinajstić information content (AvgIpc) is 2.63. The molecule has 0 amide bonds. The lowest BCUT2D eigenvalue weighted by molar-refractivity contribution is 0.230. The molecule has 1 aliphatic carbocycles. The standard InChI is InChI=1S/C12H22N2/c1-2-12(7-13)14-8-10-5-3-4-6-11(10)9-14/h3-4,10-12H,2,5-9,13H2,1H3/t10-,11+,12?. The second kappa shape index (κ2) is 4.45. The van der Waals surface area contributed by atoms with Crippen LogP contribution in [0.3, 0.4) is 0 Å². The van der Waals surface area contributed by atoms with Crippen LogP contribution < -0.4 is 5.73 Å². The van der Waals surface area contributed by atoms with Crippen molar-refractivity contribution in [1.82, 2.24) is 4.90 Å². The molecule has 2 heteroatoms. The third kappa shape index (κ3) is 1.86. The normalized spacial score (nSPS) is 34.4. The predicted octanol–water partition coefficient (Wildman–Crippen LogP) is 1.62. The quantitative estimate of drug-likeness (QED) is 0.692. The van der Waals surface area contributed by atoms with Crippen LogP contribution in [0.1, 0.15) is 26.2 Å². The SMILES string of the molecule is CCC(CN)N1C[C@H]2CC=CC[C@H]2C1. The number of nitrogens with zero attached hydrogens (tertiary/aromatic N) is 1. The van der Waals surface area contributed by atoms with E-state index in [9.17, 15) is 0 Å². The monoisotopic (exact) mass is 194 g/mol. The fourth-order valence-corrected chi connectivity index (χ4v) is 2.92. The Bertz CT molecular complexity index is 192. The number of hydrogen-bond acceptors (Lipinski definition) is 2. The highest BCUT2D eigenvalue weighted by Crippen LogP contribution is 2.33. The van der Waals surface area contributed by atoms with E-state index in [1.807, 2.05) is 0 Å². The lowest BCUT2D eigenvalue weighted by atomic mass is 9.86. The van der Waals surface area contributed by atoms with Crippen molar-refractivity contribution >= 4 is 0 Å². The first-order valence-electron chi connectivity index (χ1n) is 5.94. The first-order chi connectivity index (χ1) is 6.85. The number of likely N-dealkylation sites (tertiary alicyclic amines) is 1. The Morgan fingerprint density at radius 3 is 2.29 bits per heavy atom. The van der Waals surface area contributed by atoms with Gasteiger partial charge in [-0.25, -0.2) is 0 Å². The van der Waals surface area contributed by atoms with Crippen molar-refractivity contribution < 1.29 is 0 Å². The van der Waals surface area contributed by atoms with Gasteiger partial charge < -0.3 is 5.73 Å². The summed E-state index contributed by atoms with van der Waals surface area (Å²) in [6.45, 7) is 5.64. The van der Waals surface area contributed by atoms with E-state index in [0.29, 0.717) is 6.04 Å². The Kier molecular flexibility index (Phi) is 3.24. The fraction of sp³-hybridized carbons (Fsp3) is 0.833. The maximum absolute atomic E-state index is 5.80. The van der Waals surface area contributed by atoms with Crippen LogP contribution in [-0.2, 0) is 0 Å². The highest BCUT2D eigenvalue weighted by molar-refractivity contribution is 5.00. The van der Waals surface area contributed by atoms with E-state index in [-0.39, 0.29) is 0 Å². The van der Waals surface area contributed by atoms with E-state index < -0.39 is 0 Å². The first kappa shape index (κ1) is 10.2. The van der Waals surface area contributed by atoms with E-state index in [1.54, 1.807) is 0 Å². The van der Waals surface area contributed by atoms with Gasteiger partial charge in [-0.05, 0) is 31.1 Å². The summed E-state index contributed by atoms with van der Waals surface area (Å²) < 4.78 is 0. The zero-order chi connectivity index (χ0) is 9.97. The Morgan fingerprint density at radius 1 is 1.29 bits per heavy atom. The maximum atomic E-state index is 5.80. The van der Waals surface area contributed by atoms with Crippen LogP contribution in [0.15, 0.2) is 12.2 Å². The molecule has 2 aliphatic rings. The first-order valence-corrected chi connectivity index (χ1v) is 5.94. The van der Waals surface area contributed by atoms with Crippen molar-refractivity contribution in [1.29, 1.82) is 0 Å². The molecule has 1 unspecified atom stereocenters. The summed E-state index contributed by atoms with van der Waals surface area (Å²) in [6, 6.07) is 0.626. The van der Waals surface area contributed by atoms with E-state index in [1.165, 1.54) is 32.4 Å². The topological polar surface area (TPSA) is 29.3 Å². The van der Waals surface area contributed by atoms with Crippen LogP contribution in [0.5, 0.6) is 0 Å². The van der Waals surface area contributed by atoms with Gasteiger partial charge >= 0.3 is 0 Å². The second-order valence-electron chi connectivity index (χ2n) is 4.71. The van der Waals surface area contributed by atoms with Crippen molar-refractivity contribution in [3.05, 3.63) is 12.2 Å². The molecule has 2 nitrogen and oxygen atoms in total. The molecule has 3 atom stereocenters. The Hall–Kier alpha value is -0.340. The molecule has 0 aromatic heterocycles. The van der Waals surface area contributed by atoms with Gasteiger partial charge in [-0.1, -0.05) is 19.1 Å². The van der Waals surface area contributed by atoms with Crippen LogP contribution in [0, 0.1) is 11.8 Å². The minimum absolute atomic E-state index is 0.626. The number of allylic oxidation sites excluding steroid dienone is 2. The third-order valence-electron chi connectivity index (χ3n) is 3.91. The van der Waals surface area contributed by atoms with Crippen molar-refractivity contribution in [2.75, 3.05) is 19.6 Å². The number of nitrogens with two attached hydrogens (primary N) is 1. The van der Waals surface area contributed by atoms with Gasteiger partial charge in [0, 0.05) is 25.7 Å². The Balaban J connectivity index is 1.94. The summed E-state index contributed by atoms with van der Waals surface area (Å²) in [5.41, 5.74) is 5.80. The van der Waals surface area contributed by atoms with Crippen LogP contribution in [0.4, 0.5) is 0 Å². The van der Waals surface area contributed by atoms with Crippen LogP contribution in [0.2, 0.25) is 0 Å². The molecule has 80 valence electrons. The minimum atomic E-state index is 0.626. The van der Waals surface area contributed by atoms with E-state index >= 15 is 0 Å². The highest BCUT2D eigenvalue weighted by Gasteiger charge is 2.34. The molecule has 2 rings (SSSR count). The molecule has 0 bridgehead atoms. The van der Waals surface area contributed by atoms with Crippen molar-refractivity contribution in [2.45, 2.75) is 32.2 Å². The summed E-state index contributed by atoms with van der Waals surface area (Å²) in [5, 5.41) is 0. The number of hydrogen-bond donors (Lipinski definition) is 1. The molecule has 1 saturated heterocycles. The molecule has 1 heterocycles. The van der Waals surface area contributed by atoms with Gasteiger partial charge in [0.25, 0.3) is 0 Å². The van der Waals surface area contributed by atoms with Crippen LogP contribution in [0.25, 0.3) is 0 Å². The maximum Gasteiger partial charge on any atom is 0.0216 e. The third-order valence-corrected chi connectivity index (χ3v) is 3.91. The summed E-state index contributed by atoms with van der Waals surface area (Å²) >= 11 is 0. The van der Waals surface area contributed by atoms with Gasteiger partial charge in [0.05, 0.1) is 0 Å². The summed E-state index contributed by atoms with van der Waals surface area (Å²) in [5.74, 6) is 1.83. The van der Waals surface area contributed by atoms with Gasteiger partial charge in [-0.2, -0.15) is 0 Å². The zero-order valence-corrected chi connectivity index (χ0v) is 9.15. The molecule has 0 spiro atoms. The molecule has 2 N–H and O–H groups in total. The summed E-state index contributed by atoms with van der Waals surface area (Å²) in [7, 11) is 0. The number of fused-ring (bicyclic) bond motifs is 1. The lowest BCUT2D eigenvalue weighted by Gasteiger charge is -2.25. The largest absolute Gasteiger partial charge is 0.329 e. The van der Waals surface area contributed by atoms with Crippen molar-refractivity contribution in [3.8, 4) is 0 Å². The highest BCUT2D eigenvalue weighted by atomic mass is 15.2. The van der Waals surface area contributed by atoms with Crippen molar-refractivity contribution in [3.63, 3.8) is 0 Å². The molecule has 14 heavy (non-hydrogen) atoms. The van der Waals surface area contributed by atoms with Crippen LogP contribution >= 0.6 is 0 Å². The molecule has 0 aromatic rings. The molecule has 1 aliphatic heterocycles. The number of rotatable bonds is 3. The van der Waals surface area contributed by atoms with Gasteiger partial charge in [0.2, 0.25) is 0 Å². The van der Waals surface area contributed by atoms with E-state index in [2.05, 4.69) is 24.0 Å². The Labute approximate surface area is 87.2 Å². The van der Waals surface area contributed by atoms with Gasteiger partial charge in [-0.15, -0.1) is 0 Å². The molecule has 0 aromatic carbocycles. The Morgan fingerprint density at radius 2 is 1.86 bits per heavy atom. The van der Waals surface area contributed by atoms with Gasteiger partial charge in [0.1, 0.15) is 0 Å². The van der Waals surface area contributed by atoms with Gasteiger partial charge in [-0.3, -0.25) is 4.90 Å². The smallest absolute Gasteiger partial charge is 0.0216 e. The summed E-state index contributed by atoms with van der Waals surface area (Å²) in [4.78, 5) is 2.61. The fourth-order valence-electron chi connectivity index (χ4n) is 2.92. The predicted molar refractivity (Wildman–Crippen MR) is 60.1 cm³/mol. The van der Waals surface area contributed by atoms with E-state index in [4.69, 9.17) is 5.73 Å². The van der Waals surface area contributed by atoms with E-state index in [0.717, 1.165) is 18.4 Å². The zero-order valence-electron chi connectivity index (χ0n) is 9.15. The molecular weight excluding hydrogens is 172 g/mol. The average molecular weight is 194 g/mol. The van der Waals surface area contributed by atoms with Crippen molar-refractivity contribution in [2.24, 2.45) is 17.6 Å². The van der Waals surface area contributed by atoms with Crippen LogP contribution in [-0.4, -0.2) is 30.6 Å². The molecule has 0 radical (unpaired) electrons. The minimum Gasteiger partial charge on any atom is -0.329 e. The molecular formula is C12H22N2. The van der Waals surface area contributed by atoms with Gasteiger partial charge in [0.15, 0.2) is 0 Å². The molecule has 1 fully saturated rings. The molecule has 0 saturated carbocycles. The second-order valence-corrected chi connectivity index (χ2v) is 4.71. The summed E-state index contributed by atoms with van der Waals surface area (Å²) in [6.07, 6.45) is 8.50.